The number of carbonyl (C=O) groups excluding carboxylic acids is 1. The predicted octanol–water partition coefficient (Wildman–Crippen LogP) is 3.05. The smallest absolute Gasteiger partial charge is 0.306 e. The second-order valence-electron chi connectivity index (χ2n) is 4.86. The third-order valence-corrected chi connectivity index (χ3v) is 3.25. The fraction of sp³-hybridized carbons (Fsp3) is 0.400. The summed E-state index contributed by atoms with van der Waals surface area (Å²) in [4.78, 5) is 22.0. The molecule has 1 unspecified atom stereocenters. The van der Waals surface area contributed by atoms with E-state index >= 15 is 0 Å². The van der Waals surface area contributed by atoms with Gasteiger partial charge in [0, 0.05) is 10.3 Å². The van der Waals surface area contributed by atoms with E-state index in [0.29, 0.717) is 11.3 Å². The van der Waals surface area contributed by atoms with E-state index in [0.717, 1.165) is 10.9 Å². The Kier molecular flexibility index (Phi) is 4.57. The number of fused-ring (bicyclic) bond motifs is 1. The van der Waals surface area contributed by atoms with Crippen LogP contribution >= 0.6 is 0 Å². The van der Waals surface area contributed by atoms with E-state index in [9.17, 15) is 14.9 Å². The van der Waals surface area contributed by atoms with Crippen LogP contribution < -0.4 is 0 Å². The minimum atomic E-state index is -0.620. The van der Waals surface area contributed by atoms with Crippen LogP contribution in [0.3, 0.4) is 0 Å². The Labute approximate surface area is 121 Å². The van der Waals surface area contributed by atoms with Gasteiger partial charge in [-0.2, -0.15) is 0 Å². The molecule has 0 aliphatic rings. The zero-order chi connectivity index (χ0) is 15.4. The molecule has 0 saturated carbocycles. The van der Waals surface area contributed by atoms with Crippen LogP contribution in [-0.2, 0) is 9.53 Å². The highest BCUT2D eigenvalue weighted by Gasteiger charge is 2.26. The summed E-state index contributed by atoms with van der Waals surface area (Å²) in [5.74, 6) is -0.628. The van der Waals surface area contributed by atoms with Crippen molar-refractivity contribution < 1.29 is 18.9 Å². The third-order valence-electron chi connectivity index (χ3n) is 3.25. The van der Waals surface area contributed by atoms with E-state index in [4.69, 9.17) is 9.15 Å². The number of ether oxygens (including phenoxy) is 1. The number of rotatable bonds is 6. The molecular formula is C15H17NO5. The minimum Gasteiger partial charge on any atom is -0.466 e. The first-order valence-electron chi connectivity index (χ1n) is 6.77. The lowest BCUT2D eigenvalue weighted by Gasteiger charge is -2.09. The highest BCUT2D eigenvalue weighted by molar-refractivity contribution is 5.81. The van der Waals surface area contributed by atoms with Gasteiger partial charge in [-0.25, -0.2) is 0 Å². The standard InChI is InChI=1S/C15H17NO5/c1-3-20-14(17)8-12(9-16(18)19)13-7-11-6-4-5-10(2)15(11)21-13/h4-7,12H,3,8-9H2,1-2H3. The lowest BCUT2D eigenvalue weighted by atomic mass is 10.0. The maximum Gasteiger partial charge on any atom is 0.306 e. The minimum absolute atomic E-state index is 0.0618. The number of nitro groups is 1. The summed E-state index contributed by atoms with van der Waals surface area (Å²) in [5.41, 5.74) is 1.65. The first-order valence-corrected chi connectivity index (χ1v) is 6.77. The zero-order valence-electron chi connectivity index (χ0n) is 12.0. The molecule has 1 aromatic heterocycles. The first-order chi connectivity index (χ1) is 10.0. The Morgan fingerprint density at radius 3 is 2.86 bits per heavy atom. The maximum absolute atomic E-state index is 11.6. The Hall–Kier alpha value is -2.37. The molecule has 6 nitrogen and oxygen atoms in total. The summed E-state index contributed by atoms with van der Waals surface area (Å²) in [6.07, 6.45) is -0.0618. The zero-order valence-corrected chi connectivity index (χ0v) is 12.0. The number of carbonyl (C=O) groups is 1. The van der Waals surface area contributed by atoms with Gasteiger partial charge in [-0.1, -0.05) is 18.2 Å². The van der Waals surface area contributed by atoms with Crippen LogP contribution in [0.4, 0.5) is 0 Å². The molecule has 0 amide bonds. The van der Waals surface area contributed by atoms with Crippen molar-refractivity contribution in [1.82, 2.24) is 0 Å². The topological polar surface area (TPSA) is 82.6 Å². The summed E-state index contributed by atoms with van der Waals surface area (Å²) in [7, 11) is 0. The van der Waals surface area contributed by atoms with Gasteiger partial charge in [0.25, 0.3) is 0 Å². The second kappa shape index (κ2) is 6.39. The van der Waals surface area contributed by atoms with Gasteiger partial charge >= 0.3 is 5.97 Å². The Morgan fingerprint density at radius 2 is 2.24 bits per heavy atom. The Bertz CT molecular complexity index is 661. The van der Waals surface area contributed by atoms with Crippen molar-refractivity contribution in [2.75, 3.05) is 13.2 Å². The van der Waals surface area contributed by atoms with Gasteiger partial charge < -0.3 is 9.15 Å². The molecule has 0 fully saturated rings. The molecule has 0 saturated heterocycles. The summed E-state index contributed by atoms with van der Waals surface area (Å²) in [6, 6.07) is 7.44. The number of benzene rings is 1. The highest BCUT2D eigenvalue weighted by Crippen LogP contribution is 2.29. The van der Waals surface area contributed by atoms with E-state index in [1.807, 2.05) is 25.1 Å². The molecule has 112 valence electrons. The van der Waals surface area contributed by atoms with Crippen molar-refractivity contribution in [3.63, 3.8) is 0 Å². The lowest BCUT2D eigenvalue weighted by molar-refractivity contribution is -0.483. The molecule has 0 bridgehead atoms. The monoisotopic (exact) mass is 291 g/mol. The van der Waals surface area contributed by atoms with Crippen LogP contribution in [0.25, 0.3) is 11.0 Å². The highest BCUT2D eigenvalue weighted by atomic mass is 16.6. The van der Waals surface area contributed by atoms with Gasteiger partial charge in [-0.05, 0) is 25.5 Å². The Morgan fingerprint density at radius 1 is 1.48 bits per heavy atom. The van der Waals surface area contributed by atoms with Crippen LogP contribution in [0.1, 0.15) is 30.6 Å². The average molecular weight is 291 g/mol. The van der Waals surface area contributed by atoms with Crippen molar-refractivity contribution in [3.05, 3.63) is 45.7 Å². The van der Waals surface area contributed by atoms with Crippen molar-refractivity contribution in [3.8, 4) is 0 Å². The van der Waals surface area contributed by atoms with Crippen LogP contribution in [0.5, 0.6) is 0 Å². The fourth-order valence-electron chi connectivity index (χ4n) is 2.29. The van der Waals surface area contributed by atoms with Crippen LogP contribution in [0.15, 0.2) is 28.7 Å². The molecule has 6 heteroatoms. The SMILES string of the molecule is CCOC(=O)CC(C[N+](=O)[O-])c1cc2cccc(C)c2o1. The van der Waals surface area contributed by atoms with Gasteiger partial charge in [0.15, 0.2) is 0 Å². The number of para-hydroxylation sites is 1. The van der Waals surface area contributed by atoms with E-state index in [2.05, 4.69) is 0 Å². The predicted molar refractivity (Wildman–Crippen MR) is 76.8 cm³/mol. The third kappa shape index (κ3) is 3.59. The van der Waals surface area contributed by atoms with Gasteiger partial charge in [0.05, 0.1) is 18.9 Å². The molecule has 0 aliphatic heterocycles. The summed E-state index contributed by atoms with van der Waals surface area (Å²) in [5, 5.41) is 11.7. The van der Waals surface area contributed by atoms with E-state index in [-0.39, 0.29) is 19.6 Å². The number of aryl methyl sites for hydroxylation is 1. The molecule has 0 aliphatic carbocycles. The number of nitrogens with zero attached hydrogens (tertiary/aromatic N) is 1. The average Bonchev–Trinajstić information content (AvgIpc) is 2.83. The van der Waals surface area contributed by atoms with E-state index < -0.39 is 16.8 Å². The summed E-state index contributed by atoms with van der Waals surface area (Å²) < 4.78 is 10.6. The fourth-order valence-corrected chi connectivity index (χ4v) is 2.29. The molecule has 1 atom stereocenters. The van der Waals surface area contributed by atoms with Gasteiger partial charge in [-0.15, -0.1) is 0 Å². The van der Waals surface area contributed by atoms with Gasteiger partial charge in [0.1, 0.15) is 11.3 Å². The quantitative estimate of drug-likeness (QED) is 0.464. The van der Waals surface area contributed by atoms with Crippen LogP contribution in [0.2, 0.25) is 0 Å². The number of furan rings is 1. The summed E-state index contributed by atoms with van der Waals surface area (Å²) >= 11 is 0. The van der Waals surface area contributed by atoms with Crippen molar-refractivity contribution in [2.45, 2.75) is 26.2 Å². The van der Waals surface area contributed by atoms with E-state index in [1.54, 1.807) is 13.0 Å². The van der Waals surface area contributed by atoms with Gasteiger partial charge in [-0.3, -0.25) is 14.9 Å². The second-order valence-corrected chi connectivity index (χ2v) is 4.86. The molecule has 1 heterocycles. The Balaban J connectivity index is 2.31. The molecule has 2 rings (SSSR count). The number of esters is 1. The summed E-state index contributed by atoms with van der Waals surface area (Å²) in [6.45, 7) is 3.50. The van der Waals surface area contributed by atoms with E-state index in [1.165, 1.54) is 0 Å². The van der Waals surface area contributed by atoms with Gasteiger partial charge in [0.2, 0.25) is 6.54 Å². The molecule has 0 N–H and O–H groups in total. The number of hydrogen-bond acceptors (Lipinski definition) is 5. The molecule has 0 spiro atoms. The maximum atomic E-state index is 11.6. The number of hydrogen-bond donors (Lipinski definition) is 0. The molecule has 2 aromatic rings. The normalized spacial score (nSPS) is 12.3. The van der Waals surface area contributed by atoms with Crippen LogP contribution in [-0.4, -0.2) is 24.0 Å². The van der Waals surface area contributed by atoms with Crippen molar-refractivity contribution in [2.24, 2.45) is 0 Å². The molecular weight excluding hydrogens is 274 g/mol. The molecule has 1 aromatic carbocycles. The molecule has 0 radical (unpaired) electrons. The first kappa shape index (κ1) is 15.0. The largest absolute Gasteiger partial charge is 0.466 e. The van der Waals surface area contributed by atoms with Crippen LogP contribution in [0, 0.1) is 17.0 Å². The molecule has 21 heavy (non-hydrogen) atoms. The van der Waals surface area contributed by atoms with Crippen molar-refractivity contribution >= 4 is 16.9 Å². The lowest BCUT2D eigenvalue weighted by Crippen LogP contribution is -2.17. The van der Waals surface area contributed by atoms with Crippen molar-refractivity contribution in [1.29, 1.82) is 0 Å².